The molecule has 4 nitrogen and oxygen atoms in total. The predicted octanol–water partition coefficient (Wildman–Crippen LogP) is 2.82. The minimum atomic E-state index is -0.836. The molecule has 23 heavy (non-hydrogen) atoms. The van der Waals surface area contributed by atoms with Crippen LogP contribution in [0.25, 0.3) is 0 Å². The second kappa shape index (κ2) is 6.73. The molecule has 2 aliphatic rings. The van der Waals surface area contributed by atoms with Crippen LogP contribution in [0.3, 0.4) is 0 Å². The van der Waals surface area contributed by atoms with Crippen molar-refractivity contribution in [3.8, 4) is 0 Å². The van der Waals surface area contributed by atoms with Gasteiger partial charge in [0.05, 0.1) is 12.3 Å². The van der Waals surface area contributed by atoms with Gasteiger partial charge in [-0.3, -0.25) is 9.59 Å². The topological polar surface area (TPSA) is 57.6 Å². The normalized spacial score (nSPS) is 18.1. The fraction of sp³-hybridized carbons (Fsp3) is 0.579. The summed E-state index contributed by atoms with van der Waals surface area (Å²) in [7, 11) is 0. The van der Waals surface area contributed by atoms with Crippen LogP contribution in [0.2, 0.25) is 0 Å². The first kappa shape index (κ1) is 16.0. The maximum atomic E-state index is 12.7. The lowest BCUT2D eigenvalue weighted by molar-refractivity contribution is -0.143. The molecular formula is C19H25NO3. The van der Waals surface area contributed by atoms with Crippen LogP contribution in [0, 0.1) is 5.92 Å². The Kier molecular flexibility index (Phi) is 4.69. The Labute approximate surface area is 137 Å². The maximum Gasteiger partial charge on any atom is 0.308 e. The number of benzene rings is 1. The first-order chi connectivity index (χ1) is 11.0. The average Bonchev–Trinajstić information content (AvgIpc) is 3.36. The Morgan fingerprint density at radius 3 is 2.57 bits per heavy atom. The zero-order valence-electron chi connectivity index (χ0n) is 13.8. The molecule has 1 saturated carbocycles. The molecule has 0 saturated heterocycles. The Bertz CT molecular complexity index is 607. The molecular weight excluding hydrogens is 290 g/mol. The van der Waals surface area contributed by atoms with Crippen molar-refractivity contribution in [1.82, 2.24) is 4.90 Å². The summed E-state index contributed by atoms with van der Waals surface area (Å²) < 4.78 is 0. The first-order valence-electron chi connectivity index (χ1n) is 8.67. The van der Waals surface area contributed by atoms with Gasteiger partial charge in [-0.15, -0.1) is 0 Å². The molecule has 1 atom stereocenters. The van der Waals surface area contributed by atoms with Crippen molar-refractivity contribution in [3.05, 3.63) is 34.9 Å². The van der Waals surface area contributed by atoms with Crippen LogP contribution in [-0.4, -0.2) is 34.5 Å². The van der Waals surface area contributed by atoms with E-state index >= 15 is 0 Å². The van der Waals surface area contributed by atoms with Gasteiger partial charge in [0.2, 0.25) is 5.91 Å². The molecule has 2 aliphatic carbocycles. The van der Waals surface area contributed by atoms with Crippen molar-refractivity contribution in [2.45, 2.75) is 57.9 Å². The highest BCUT2D eigenvalue weighted by atomic mass is 16.4. The minimum Gasteiger partial charge on any atom is -0.481 e. The van der Waals surface area contributed by atoms with Crippen molar-refractivity contribution in [3.63, 3.8) is 0 Å². The van der Waals surface area contributed by atoms with E-state index in [1.807, 2.05) is 0 Å². The number of nitrogens with zero attached hydrogens (tertiary/aromatic N) is 1. The summed E-state index contributed by atoms with van der Waals surface area (Å²) in [6.07, 6.45) is 7.14. The van der Waals surface area contributed by atoms with Crippen LogP contribution in [0.1, 0.15) is 49.3 Å². The zero-order chi connectivity index (χ0) is 16.4. The van der Waals surface area contributed by atoms with E-state index in [9.17, 15) is 9.59 Å². The summed E-state index contributed by atoms with van der Waals surface area (Å²) in [5.74, 6) is -1.28. The van der Waals surface area contributed by atoms with Gasteiger partial charge in [0.1, 0.15) is 0 Å². The highest BCUT2D eigenvalue weighted by Gasteiger charge is 2.34. The molecule has 1 aromatic carbocycles. The third-order valence-corrected chi connectivity index (χ3v) is 4.97. The molecule has 0 radical (unpaired) electrons. The number of hydrogen-bond acceptors (Lipinski definition) is 2. The van der Waals surface area contributed by atoms with Crippen molar-refractivity contribution in [2.75, 3.05) is 6.54 Å². The second-order valence-corrected chi connectivity index (χ2v) is 7.00. The second-order valence-electron chi connectivity index (χ2n) is 7.00. The van der Waals surface area contributed by atoms with E-state index < -0.39 is 11.9 Å². The lowest BCUT2D eigenvalue weighted by Gasteiger charge is -2.25. The SMILES string of the molecule is CC(CN(C(=O)Cc1ccc2c(c1)CCCC2)C1CC1)C(=O)O. The number of aryl methyl sites for hydroxylation is 2. The molecule has 1 unspecified atom stereocenters. The number of fused-ring (bicyclic) bond motifs is 1. The number of carbonyl (C=O) groups is 2. The van der Waals surface area contributed by atoms with Crippen LogP contribution in [0.15, 0.2) is 18.2 Å². The van der Waals surface area contributed by atoms with Crippen molar-refractivity contribution in [2.24, 2.45) is 5.92 Å². The quantitative estimate of drug-likeness (QED) is 0.878. The first-order valence-corrected chi connectivity index (χ1v) is 8.67. The van der Waals surface area contributed by atoms with Gasteiger partial charge in [0.15, 0.2) is 0 Å². The van der Waals surface area contributed by atoms with Gasteiger partial charge in [0.25, 0.3) is 0 Å². The van der Waals surface area contributed by atoms with Gasteiger partial charge in [-0.2, -0.15) is 0 Å². The van der Waals surface area contributed by atoms with Gasteiger partial charge < -0.3 is 10.0 Å². The Hall–Kier alpha value is -1.84. The third kappa shape index (κ3) is 3.92. The van der Waals surface area contributed by atoms with Gasteiger partial charge in [-0.25, -0.2) is 0 Å². The van der Waals surface area contributed by atoms with E-state index in [-0.39, 0.29) is 11.9 Å². The predicted molar refractivity (Wildman–Crippen MR) is 88.3 cm³/mol. The van der Waals surface area contributed by atoms with E-state index in [1.54, 1.807) is 11.8 Å². The Morgan fingerprint density at radius 1 is 1.22 bits per heavy atom. The highest BCUT2D eigenvalue weighted by Crippen LogP contribution is 2.29. The average molecular weight is 315 g/mol. The number of carboxylic acids is 1. The zero-order valence-corrected chi connectivity index (χ0v) is 13.8. The van der Waals surface area contributed by atoms with Crippen LogP contribution >= 0.6 is 0 Å². The molecule has 1 aromatic rings. The molecule has 0 bridgehead atoms. The van der Waals surface area contributed by atoms with Crippen molar-refractivity contribution >= 4 is 11.9 Å². The molecule has 124 valence electrons. The Morgan fingerprint density at radius 2 is 1.91 bits per heavy atom. The van der Waals surface area contributed by atoms with Crippen LogP contribution in [0.4, 0.5) is 0 Å². The summed E-state index contributed by atoms with van der Waals surface area (Å²) in [5.41, 5.74) is 3.87. The number of aliphatic carboxylic acids is 1. The summed E-state index contributed by atoms with van der Waals surface area (Å²) in [4.78, 5) is 25.5. The lowest BCUT2D eigenvalue weighted by atomic mass is 9.90. The summed E-state index contributed by atoms with van der Waals surface area (Å²) in [6, 6.07) is 6.66. The Balaban J connectivity index is 1.68. The molecule has 0 heterocycles. The number of hydrogen-bond donors (Lipinski definition) is 1. The monoisotopic (exact) mass is 315 g/mol. The fourth-order valence-corrected chi connectivity index (χ4v) is 3.39. The lowest BCUT2D eigenvalue weighted by Crippen LogP contribution is -2.39. The van der Waals surface area contributed by atoms with Crippen LogP contribution < -0.4 is 0 Å². The molecule has 1 N–H and O–H groups in total. The van der Waals surface area contributed by atoms with E-state index in [2.05, 4.69) is 18.2 Å². The van der Waals surface area contributed by atoms with Crippen molar-refractivity contribution < 1.29 is 14.7 Å². The van der Waals surface area contributed by atoms with E-state index in [0.29, 0.717) is 13.0 Å². The van der Waals surface area contributed by atoms with Gasteiger partial charge in [-0.1, -0.05) is 25.1 Å². The fourth-order valence-electron chi connectivity index (χ4n) is 3.39. The standard InChI is InChI=1S/C19H25NO3/c1-13(19(22)23)12-20(17-8-9-17)18(21)11-14-6-7-15-4-2-3-5-16(15)10-14/h6-7,10,13,17H,2-5,8-9,11-12H2,1H3,(H,22,23). The third-order valence-electron chi connectivity index (χ3n) is 4.97. The summed E-state index contributed by atoms with van der Waals surface area (Å²) in [5, 5.41) is 9.10. The number of amides is 1. The molecule has 0 aliphatic heterocycles. The molecule has 4 heteroatoms. The highest BCUT2D eigenvalue weighted by molar-refractivity contribution is 5.80. The van der Waals surface area contributed by atoms with Crippen molar-refractivity contribution in [1.29, 1.82) is 0 Å². The minimum absolute atomic E-state index is 0.0661. The molecule has 0 aromatic heterocycles. The van der Waals surface area contributed by atoms with Gasteiger partial charge in [-0.05, 0) is 55.2 Å². The largest absolute Gasteiger partial charge is 0.481 e. The smallest absolute Gasteiger partial charge is 0.308 e. The van der Waals surface area contributed by atoms with E-state index in [1.165, 1.54) is 24.0 Å². The van der Waals surface area contributed by atoms with Gasteiger partial charge >= 0.3 is 5.97 Å². The maximum absolute atomic E-state index is 12.7. The molecule has 1 fully saturated rings. The summed E-state index contributed by atoms with van der Waals surface area (Å²) >= 11 is 0. The van der Waals surface area contributed by atoms with E-state index in [4.69, 9.17) is 5.11 Å². The van der Waals surface area contributed by atoms with Crippen LogP contribution in [-0.2, 0) is 28.9 Å². The number of rotatable bonds is 6. The molecule has 0 spiro atoms. The summed E-state index contributed by atoms with van der Waals surface area (Å²) in [6.45, 7) is 1.99. The molecule has 1 amide bonds. The van der Waals surface area contributed by atoms with Gasteiger partial charge in [0, 0.05) is 12.6 Å². The van der Waals surface area contributed by atoms with E-state index in [0.717, 1.165) is 31.2 Å². The molecule has 3 rings (SSSR count). The number of carboxylic acid groups (broad SMARTS) is 1. The number of carbonyl (C=O) groups excluding carboxylic acids is 1. The van der Waals surface area contributed by atoms with Crippen LogP contribution in [0.5, 0.6) is 0 Å².